The second-order valence-electron chi connectivity index (χ2n) is 3.98. The van der Waals surface area contributed by atoms with Crippen LogP contribution in [0, 0.1) is 3.57 Å². The third-order valence-corrected chi connectivity index (χ3v) is 4.27. The first-order valence-electron chi connectivity index (χ1n) is 5.44. The summed E-state index contributed by atoms with van der Waals surface area (Å²) in [6.45, 7) is 0. The molecular formula is C14H11Cl2IO. The summed E-state index contributed by atoms with van der Waals surface area (Å²) in [5, 5.41) is 11.5. The van der Waals surface area contributed by atoms with Gasteiger partial charge in [-0.2, -0.15) is 0 Å². The fourth-order valence-electron chi connectivity index (χ4n) is 1.76. The highest BCUT2D eigenvalue weighted by molar-refractivity contribution is 14.1. The van der Waals surface area contributed by atoms with Crippen LogP contribution in [0.3, 0.4) is 0 Å². The fraction of sp³-hybridized carbons (Fsp3) is 0.143. The van der Waals surface area contributed by atoms with Crippen LogP contribution >= 0.6 is 45.8 Å². The maximum atomic E-state index is 10.3. The first-order valence-corrected chi connectivity index (χ1v) is 7.28. The first-order chi connectivity index (χ1) is 8.58. The molecule has 2 rings (SSSR count). The minimum atomic E-state index is -0.575. The Morgan fingerprint density at radius 2 is 1.83 bits per heavy atom. The summed E-state index contributed by atoms with van der Waals surface area (Å²) in [6.07, 6.45) is -0.117. The fourth-order valence-corrected chi connectivity index (χ4v) is 2.90. The molecule has 0 aromatic heterocycles. The first kappa shape index (κ1) is 14.1. The smallest absolute Gasteiger partial charge is 0.0841 e. The maximum absolute atomic E-state index is 10.3. The van der Waals surface area contributed by atoms with Crippen molar-refractivity contribution in [3.8, 4) is 0 Å². The van der Waals surface area contributed by atoms with E-state index < -0.39 is 6.10 Å². The Balaban J connectivity index is 2.24. The van der Waals surface area contributed by atoms with Crippen molar-refractivity contribution in [2.45, 2.75) is 12.5 Å². The zero-order chi connectivity index (χ0) is 13.1. The SMILES string of the molecule is OC(Cc1cc(Cl)ccc1Cl)c1ccccc1I. The number of hydrogen-bond acceptors (Lipinski definition) is 1. The molecule has 0 amide bonds. The average molecular weight is 393 g/mol. The van der Waals surface area contributed by atoms with Gasteiger partial charge in [-0.15, -0.1) is 0 Å². The Hall–Kier alpha value is -0.290. The van der Waals surface area contributed by atoms with Crippen LogP contribution in [-0.4, -0.2) is 5.11 Å². The summed E-state index contributed by atoms with van der Waals surface area (Å²) in [6, 6.07) is 13.0. The van der Waals surface area contributed by atoms with E-state index in [4.69, 9.17) is 23.2 Å². The van der Waals surface area contributed by atoms with Gasteiger partial charge in [0.25, 0.3) is 0 Å². The van der Waals surface area contributed by atoms with Crippen LogP contribution in [-0.2, 0) is 6.42 Å². The van der Waals surface area contributed by atoms with Crippen molar-refractivity contribution in [1.29, 1.82) is 0 Å². The van der Waals surface area contributed by atoms with Crippen LogP contribution in [0.25, 0.3) is 0 Å². The van der Waals surface area contributed by atoms with E-state index in [1.165, 1.54) is 0 Å². The summed E-state index contributed by atoms with van der Waals surface area (Å²) in [5.74, 6) is 0. The lowest BCUT2D eigenvalue weighted by Crippen LogP contribution is -2.04. The van der Waals surface area contributed by atoms with Crippen LogP contribution in [0.4, 0.5) is 0 Å². The second kappa shape index (κ2) is 6.24. The predicted molar refractivity (Wildman–Crippen MR) is 84.3 cm³/mol. The lowest BCUT2D eigenvalue weighted by molar-refractivity contribution is 0.177. The number of hydrogen-bond donors (Lipinski definition) is 1. The molecule has 0 saturated heterocycles. The molecule has 1 N–H and O–H groups in total. The molecule has 0 bridgehead atoms. The van der Waals surface area contributed by atoms with Crippen LogP contribution in [0.15, 0.2) is 42.5 Å². The zero-order valence-corrected chi connectivity index (χ0v) is 13.1. The van der Waals surface area contributed by atoms with Gasteiger partial charge in [0.05, 0.1) is 6.10 Å². The van der Waals surface area contributed by atoms with E-state index in [0.29, 0.717) is 16.5 Å². The largest absolute Gasteiger partial charge is 0.388 e. The lowest BCUT2D eigenvalue weighted by atomic mass is 10.0. The van der Waals surface area contributed by atoms with Gasteiger partial charge >= 0.3 is 0 Å². The maximum Gasteiger partial charge on any atom is 0.0841 e. The molecule has 1 atom stereocenters. The van der Waals surface area contributed by atoms with Crippen LogP contribution < -0.4 is 0 Å². The Kier molecular flexibility index (Phi) is 4.90. The molecule has 0 aliphatic rings. The molecule has 1 nitrogen and oxygen atoms in total. The van der Waals surface area contributed by atoms with Crippen LogP contribution in [0.2, 0.25) is 10.0 Å². The number of aliphatic hydroxyl groups is 1. The topological polar surface area (TPSA) is 20.2 Å². The standard InChI is InChI=1S/C14H11Cl2IO/c15-10-5-6-12(16)9(7-10)8-14(18)11-3-1-2-4-13(11)17/h1-7,14,18H,8H2. The lowest BCUT2D eigenvalue weighted by Gasteiger charge is -2.14. The minimum absolute atomic E-state index is 0.458. The van der Waals surface area contributed by atoms with Crippen molar-refractivity contribution in [3.63, 3.8) is 0 Å². The van der Waals surface area contributed by atoms with Gasteiger partial charge in [-0.3, -0.25) is 0 Å². The molecule has 2 aromatic carbocycles. The summed E-state index contributed by atoms with van der Waals surface area (Å²) in [7, 11) is 0. The monoisotopic (exact) mass is 392 g/mol. The van der Waals surface area contributed by atoms with Crippen molar-refractivity contribution in [3.05, 3.63) is 67.2 Å². The Morgan fingerprint density at radius 1 is 1.11 bits per heavy atom. The van der Waals surface area contributed by atoms with E-state index in [2.05, 4.69) is 22.6 Å². The summed E-state index contributed by atoms with van der Waals surface area (Å²) < 4.78 is 1.04. The van der Waals surface area contributed by atoms with E-state index in [9.17, 15) is 5.11 Å². The normalized spacial score (nSPS) is 12.4. The Morgan fingerprint density at radius 3 is 2.56 bits per heavy atom. The highest BCUT2D eigenvalue weighted by Crippen LogP contribution is 2.28. The van der Waals surface area contributed by atoms with Gasteiger partial charge in [-0.1, -0.05) is 41.4 Å². The number of aliphatic hydroxyl groups excluding tert-OH is 1. The molecule has 0 saturated carbocycles. The molecule has 0 radical (unpaired) electrons. The summed E-state index contributed by atoms with van der Waals surface area (Å²) in [5.41, 5.74) is 1.77. The van der Waals surface area contributed by atoms with E-state index in [1.807, 2.05) is 24.3 Å². The van der Waals surface area contributed by atoms with Gasteiger partial charge in [0.1, 0.15) is 0 Å². The van der Waals surface area contributed by atoms with Crippen molar-refractivity contribution >= 4 is 45.8 Å². The molecule has 0 aliphatic heterocycles. The zero-order valence-electron chi connectivity index (χ0n) is 9.41. The van der Waals surface area contributed by atoms with E-state index in [0.717, 1.165) is 14.7 Å². The predicted octanol–water partition coefficient (Wildman–Crippen LogP) is 4.87. The molecule has 1 unspecified atom stereocenters. The van der Waals surface area contributed by atoms with Crippen molar-refractivity contribution in [2.75, 3.05) is 0 Å². The van der Waals surface area contributed by atoms with Crippen LogP contribution in [0.5, 0.6) is 0 Å². The molecule has 18 heavy (non-hydrogen) atoms. The second-order valence-corrected chi connectivity index (χ2v) is 5.98. The minimum Gasteiger partial charge on any atom is -0.388 e. The average Bonchev–Trinajstić information content (AvgIpc) is 2.34. The van der Waals surface area contributed by atoms with E-state index >= 15 is 0 Å². The molecule has 0 fully saturated rings. The van der Waals surface area contributed by atoms with Gasteiger partial charge in [0.15, 0.2) is 0 Å². The van der Waals surface area contributed by atoms with Crippen molar-refractivity contribution in [1.82, 2.24) is 0 Å². The quantitative estimate of drug-likeness (QED) is 0.738. The van der Waals surface area contributed by atoms with Crippen molar-refractivity contribution < 1.29 is 5.11 Å². The molecular weight excluding hydrogens is 382 g/mol. The number of halogens is 3. The highest BCUT2D eigenvalue weighted by Gasteiger charge is 2.13. The Bertz CT molecular complexity index is 557. The molecule has 4 heteroatoms. The van der Waals surface area contributed by atoms with Gasteiger partial charge in [-0.05, 0) is 58.0 Å². The van der Waals surface area contributed by atoms with Crippen molar-refractivity contribution in [2.24, 2.45) is 0 Å². The molecule has 0 spiro atoms. The summed E-state index contributed by atoms with van der Waals surface area (Å²) in [4.78, 5) is 0. The highest BCUT2D eigenvalue weighted by atomic mass is 127. The molecule has 0 aliphatic carbocycles. The molecule has 0 heterocycles. The van der Waals surface area contributed by atoms with E-state index in [-0.39, 0.29) is 0 Å². The molecule has 2 aromatic rings. The van der Waals surface area contributed by atoms with E-state index in [1.54, 1.807) is 18.2 Å². The van der Waals surface area contributed by atoms with Gasteiger partial charge in [-0.25, -0.2) is 0 Å². The van der Waals surface area contributed by atoms with Gasteiger partial charge < -0.3 is 5.11 Å². The third-order valence-electron chi connectivity index (χ3n) is 2.69. The molecule has 94 valence electrons. The Labute approximate surface area is 130 Å². The van der Waals surface area contributed by atoms with Gasteiger partial charge in [0, 0.05) is 20.0 Å². The number of benzene rings is 2. The number of rotatable bonds is 3. The van der Waals surface area contributed by atoms with Crippen LogP contribution in [0.1, 0.15) is 17.2 Å². The third kappa shape index (κ3) is 3.38. The summed E-state index contributed by atoms with van der Waals surface area (Å²) >= 11 is 14.2. The van der Waals surface area contributed by atoms with Gasteiger partial charge in [0.2, 0.25) is 0 Å².